The maximum Gasteiger partial charge on any atom is 0.124 e. The summed E-state index contributed by atoms with van der Waals surface area (Å²) in [7, 11) is 0. The van der Waals surface area contributed by atoms with Gasteiger partial charge in [0.2, 0.25) is 0 Å². The molecule has 0 radical (unpaired) electrons. The van der Waals surface area contributed by atoms with Crippen molar-refractivity contribution < 1.29 is 0 Å². The molecule has 4 nitrogen and oxygen atoms in total. The minimum absolute atomic E-state index is 0.175. The number of hydrogen-bond donors (Lipinski definition) is 2. The van der Waals surface area contributed by atoms with Gasteiger partial charge in [-0.15, -0.1) is 0 Å². The van der Waals surface area contributed by atoms with Crippen molar-refractivity contribution in [1.82, 2.24) is 15.0 Å². The summed E-state index contributed by atoms with van der Waals surface area (Å²) in [4.78, 5) is 12.1. The fraction of sp³-hybridized carbons (Fsp3) is 0.100. The van der Waals surface area contributed by atoms with Crippen molar-refractivity contribution in [3.8, 4) is 11.1 Å². The predicted octanol–water partition coefficient (Wildman–Crippen LogP) is 4.63. The van der Waals surface area contributed by atoms with Crippen molar-refractivity contribution in [1.29, 1.82) is 0 Å². The molecule has 0 fully saturated rings. The summed E-state index contributed by atoms with van der Waals surface area (Å²) < 4.78 is 1.06. The van der Waals surface area contributed by atoms with E-state index in [2.05, 4.69) is 50.2 Å². The van der Waals surface area contributed by atoms with E-state index in [1.807, 2.05) is 30.3 Å². The SMILES string of the molecule is NC(Cc1cccc(Br)c1)c1nc2cc(-c3ccncc3)ccc2[nH]1. The third-order valence-corrected chi connectivity index (χ3v) is 4.70. The Kier molecular flexibility index (Phi) is 4.34. The first-order valence-corrected chi connectivity index (χ1v) is 8.88. The highest BCUT2D eigenvalue weighted by Gasteiger charge is 2.13. The molecule has 25 heavy (non-hydrogen) atoms. The Morgan fingerprint density at radius 2 is 1.84 bits per heavy atom. The van der Waals surface area contributed by atoms with Gasteiger partial charge in [-0.05, 0) is 59.5 Å². The summed E-state index contributed by atoms with van der Waals surface area (Å²) in [6.07, 6.45) is 4.32. The Morgan fingerprint density at radius 1 is 1.00 bits per heavy atom. The summed E-state index contributed by atoms with van der Waals surface area (Å²) in [6, 6.07) is 18.2. The first-order chi connectivity index (χ1) is 12.2. The predicted molar refractivity (Wildman–Crippen MR) is 104 cm³/mol. The van der Waals surface area contributed by atoms with Gasteiger partial charge in [0.15, 0.2) is 0 Å². The van der Waals surface area contributed by atoms with Gasteiger partial charge in [-0.2, -0.15) is 0 Å². The second-order valence-corrected chi connectivity index (χ2v) is 6.95. The van der Waals surface area contributed by atoms with Crippen LogP contribution in [-0.2, 0) is 6.42 Å². The molecule has 0 bridgehead atoms. The van der Waals surface area contributed by atoms with Gasteiger partial charge in [0, 0.05) is 16.9 Å². The molecule has 5 heteroatoms. The molecule has 0 aliphatic heterocycles. The molecule has 4 rings (SSSR count). The van der Waals surface area contributed by atoms with E-state index in [-0.39, 0.29) is 6.04 Å². The summed E-state index contributed by atoms with van der Waals surface area (Å²) >= 11 is 3.50. The van der Waals surface area contributed by atoms with Crippen LogP contribution in [0.25, 0.3) is 22.2 Å². The number of imidazole rings is 1. The molecule has 3 N–H and O–H groups in total. The zero-order valence-electron chi connectivity index (χ0n) is 13.5. The third-order valence-electron chi connectivity index (χ3n) is 4.21. The van der Waals surface area contributed by atoms with Crippen LogP contribution in [0, 0.1) is 0 Å². The van der Waals surface area contributed by atoms with Crippen LogP contribution in [0.2, 0.25) is 0 Å². The lowest BCUT2D eigenvalue weighted by atomic mass is 10.1. The molecule has 124 valence electrons. The van der Waals surface area contributed by atoms with Gasteiger partial charge in [-0.25, -0.2) is 4.98 Å². The fourth-order valence-electron chi connectivity index (χ4n) is 2.94. The number of nitrogens with one attached hydrogen (secondary N) is 1. The van der Waals surface area contributed by atoms with Gasteiger partial charge < -0.3 is 10.7 Å². The van der Waals surface area contributed by atoms with Crippen LogP contribution in [0.1, 0.15) is 17.4 Å². The van der Waals surface area contributed by atoms with Crippen molar-refractivity contribution in [2.45, 2.75) is 12.5 Å². The first kappa shape index (κ1) is 16.0. The molecule has 0 saturated carbocycles. The van der Waals surface area contributed by atoms with Crippen LogP contribution in [0.15, 0.2) is 71.5 Å². The highest BCUT2D eigenvalue weighted by Crippen LogP contribution is 2.25. The molecule has 2 heterocycles. The van der Waals surface area contributed by atoms with Gasteiger partial charge in [0.05, 0.1) is 17.1 Å². The Balaban J connectivity index is 1.62. The van der Waals surface area contributed by atoms with Gasteiger partial charge in [-0.3, -0.25) is 4.98 Å². The summed E-state index contributed by atoms with van der Waals surface area (Å²) in [5.41, 5.74) is 11.7. The van der Waals surface area contributed by atoms with Crippen LogP contribution in [-0.4, -0.2) is 15.0 Å². The van der Waals surface area contributed by atoms with Crippen LogP contribution < -0.4 is 5.73 Å². The lowest BCUT2D eigenvalue weighted by Gasteiger charge is -2.08. The minimum Gasteiger partial charge on any atom is -0.341 e. The molecule has 0 aliphatic rings. The molecule has 4 aromatic rings. The Morgan fingerprint density at radius 3 is 2.64 bits per heavy atom. The number of pyridine rings is 1. The van der Waals surface area contributed by atoms with Crippen molar-refractivity contribution >= 4 is 27.0 Å². The number of nitrogens with zero attached hydrogens (tertiary/aromatic N) is 2. The Labute approximate surface area is 154 Å². The Hall–Kier alpha value is -2.50. The minimum atomic E-state index is -0.175. The van der Waals surface area contributed by atoms with Crippen LogP contribution in [0.4, 0.5) is 0 Å². The second-order valence-electron chi connectivity index (χ2n) is 6.03. The quantitative estimate of drug-likeness (QED) is 0.531. The largest absolute Gasteiger partial charge is 0.341 e. The topological polar surface area (TPSA) is 67.6 Å². The number of benzene rings is 2. The summed E-state index contributed by atoms with van der Waals surface area (Å²) in [5, 5.41) is 0. The van der Waals surface area contributed by atoms with Gasteiger partial charge in [0.25, 0.3) is 0 Å². The second kappa shape index (κ2) is 6.78. The van der Waals surface area contributed by atoms with Crippen LogP contribution >= 0.6 is 15.9 Å². The van der Waals surface area contributed by atoms with Crippen molar-refractivity contribution in [3.05, 3.63) is 82.9 Å². The van der Waals surface area contributed by atoms with E-state index in [1.165, 1.54) is 5.56 Å². The van der Waals surface area contributed by atoms with Crippen LogP contribution in [0.3, 0.4) is 0 Å². The van der Waals surface area contributed by atoms with E-state index < -0.39 is 0 Å². The standard InChI is InChI=1S/C20H17BrN4/c21-16-3-1-2-13(10-16)11-17(22)20-24-18-5-4-15(12-19(18)25-20)14-6-8-23-9-7-14/h1-10,12,17H,11,22H2,(H,24,25). The summed E-state index contributed by atoms with van der Waals surface area (Å²) in [6.45, 7) is 0. The molecule has 0 spiro atoms. The van der Waals surface area contributed by atoms with E-state index in [1.54, 1.807) is 12.4 Å². The van der Waals surface area contributed by atoms with Crippen molar-refractivity contribution in [3.63, 3.8) is 0 Å². The van der Waals surface area contributed by atoms with E-state index in [0.717, 1.165) is 38.9 Å². The smallest absolute Gasteiger partial charge is 0.124 e. The summed E-state index contributed by atoms with van der Waals surface area (Å²) in [5.74, 6) is 0.807. The molecule has 1 atom stereocenters. The zero-order valence-corrected chi connectivity index (χ0v) is 15.1. The van der Waals surface area contributed by atoms with E-state index in [0.29, 0.717) is 0 Å². The number of aromatic amines is 1. The van der Waals surface area contributed by atoms with Gasteiger partial charge >= 0.3 is 0 Å². The fourth-order valence-corrected chi connectivity index (χ4v) is 3.39. The van der Waals surface area contributed by atoms with Crippen LogP contribution in [0.5, 0.6) is 0 Å². The molecule has 0 amide bonds. The highest BCUT2D eigenvalue weighted by atomic mass is 79.9. The molecular formula is C20H17BrN4. The number of fused-ring (bicyclic) bond motifs is 1. The molecule has 1 unspecified atom stereocenters. The van der Waals surface area contributed by atoms with Gasteiger partial charge in [0.1, 0.15) is 5.82 Å². The van der Waals surface area contributed by atoms with E-state index >= 15 is 0 Å². The zero-order chi connectivity index (χ0) is 17.2. The number of H-pyrrole nitrogens is 1. The molecule has 2 aromatic carbocycles. The average Bonchev–Trinajstić information content (AvgIpc) is 3.06. The maximum atomic E-state index is 6.37. The molecule has 0 saturated heterocycles. The lowest BCUT2D eigenvalue weighted by Crippen LogP contribution is -2.14. The van der Waals surface area contributed by atoms with E-state index in [9.17, 15) is 0 Å². The Bertz CT molecular complexity index is 1010. The van der Waals surface area contributed by atoms with E-state index in [4.69, 9.17) is 10.7 Å². The highest BCUT2D eigenvalue weighted by molar-refractivity contribution is 9.10. The number of aromatic nitrogens is 3. The van der Waals surface area contributed by atoms with Crippen molar-refractivity contribution in [2.24, 2.45) is 5.73 Å². The molecule has 2 aromatic heterocycles. The first-order valence-electron chi connectivity index (χ1n) is 8.09. The number of nitrogens with two attached hydrogens (primary N) is 1. The number of rotatable bonds is 4. The average molecular weight is 393 g/mol. The van der Waals surface area contributed by atoms with Gasteiger partial charge in [-0.1, -0.05) is 34.1 Å². The number of halogens is 1. The number of hydrogen-bond acceptors (Lipinski definition) is 3. The normalized spacial score (nSPS) is 12.4. The lowest BCUT2D eigenvalue weighted by molar-refractivity contribution is 0.680. The van der Waals surface area contributed by atoms with Crippen molar-refractivity contribution in [2.75, 3.05) is 0 Å². The molecular weight excluding hydrogens is 376 g/mol. The monoisotopic (exact) mass is 392 g/mol. The molecule has 0 aliphatic carbocycles. The maximum absolute atomic E-state index is 6.37. The third kappa shape index (κ3) is 3.48.